The topological polar surface area (TPSA) is 109 Å². The van der Waals surface area contributed by atoms with E-state index in [1.807, 2.05) is 0 Å². The number of H-pyrrole nitrogens is 1. The summed E-state index contributed by atoms with van der Waals surface area (Å²) in [6.45, 7) is 2.07. The van der Waals surface area contributed by atoms with Crippen molar-refractivity contribution in [3.63, 3.8) is 0 Å². The van der Waals surface area contributed by atoms with Gasteiger partial charge in [-0.2, -0.15) is 0 Å². The minimum absolute atomic E-state index is 0.130. The van der Waals surface area contributed by atoms with Gasteiger partial charge in [-0.1, -0.05) is 6.92 Å². The molecule has 3 aromatic rings. The van der Waals surface area contributed by atoms with Gasteiger partial charge in [0, 0.05) is 5.92 Å². The molecule has 1 fully saturated rings. The van der Waals surface area contributed by atoms with E-state index in [1.165, 1.54) is 0 Å². The van der Waals surface area contributed by atoms with E-state index in [0.29, 0.717) is 35.0 Å². The monoisotopic (exact) mass is 286 g/mol. The second-order valence-corrected chi connectivity index (χ2v) is 5.73. The molecule has 3 heterocycles. The maximum absolute atomic E-state index is 11.5. The highest BCUT2D eigenvalue weighted by Gasteiger charge is 2.40. The molecule has 2 N–H and O–H groups in total. The first-order chi connectivity index (χ1) is 10.1. The van der Waals surface area contributed by atoms with E-state index in [2.05, 4.69) is 32.1 Å². The zero-order chi connectivity index (χ0) is 14.6. The number of aromatic amines is 1. The number of aliphatic carboxylic acids is 1. The number of nitrogens with one attached hydrogen (secondary N) is 1. The molecule has 108 valence electrons. The molecule has 3 atom stereocenters. The largest absolute Gasteiger partial charge is 0.481 e. The molecule has 4 rings (SSSR count). The first kappa shape index (κ1) is 12.2. The van der Waals surface area contributed by atoms with E-state index < -0.39 is 11.9 Å². The maximum Gasteiger partial charge on any atom is 0.307 e. The number of hydrogen-bond donors (Lipinski definition) is 2. The molecule has 1 aliphatic rings. The predicted molar refractivity (Wildman–Crippen MR) is 72.7 cm³/mol. The minimum Gasteiger partial charge on any atom is -0.481 e. The summed E-state index contributed by atoms with van der Waals surface area (Å²) in [6, 6.07) is 0. The molecule has 8 heteroatoms. The molecule has 0 bridgehead atoms. The lowest BCUT2D eigenvalue weighted by atomic mass is 9.95. The van der Waals surface area contributed by atoms with Gasteiger partial charge in [-0.25, -0.2) is 9.97 Å². The molecule has 0 saturated heterocycles. The third-order valence-corrected chi connectivity index (χ3v) is 4.31. The molecule has 0 aliphatic heterocycles. The van der Waals surface area contributed by atoms with E-state index in [-0.39, 0.29) is 5.92 Å². The Morgan fingerprint density at radius 1 is 1.38 bits per heavy atom. The Balaban J connectivity index is 1.88. The van der Waals surface area contributed by atoms with E-state index in [9.17, 15) is 9.90 Å². The summed E-state index contributed by atoms with van der Waals surface area (Å²) in [7, 11) is 0. The summed E-state index contributed by atoms with van der Waals surface area (Å²) < 4.78 is 1.78. The van der Waals surface area contributed by atoms with E-state index >= 15 is 0 Å². The number of fused-ring (bicyclic) bond motifs is 3. The standard InChI is InChI=1S/C13H14N6O2/c1-6-2-7(8(3-6)13(20)21)11-17-18-12-9-10(15-4-14-9)16-5-19(11)12/h4-8H,2-3H2,1H3,(H,14,15)(H,20,21). The highest BCUT2D eigenvalue weighted by Crippen LogP contribution is 2.42. The van der Waals surface area contributed by atoms with Gasteiger partial charge in [0.05, 0.1) is 12.2 Å². The van der Waals surface area contributed by atoms with Crippen LogP contribution in [0.4, 0.5) is 0 Å². The Labute approximate surface area is 119 Å². The van der Waals surface area contributed by atoms with Crippen molar-refractivity contribution in [3.8, 4) is 0 Å². The van der Waals surface area contributed by atoms with Crippen molar-refractivity contribution in [3.05, 3.63) is 18.5 Å². The van der Waals surface area contributed by atoms with Gasteiger partial charge in [0.15, 0.2) is 11.3 Å². The summed E-state index contributed by atoms with van der Waals surface area (Å²) in [5, 5.41) is 17.8. The molecule has 3 aromatic heterocycles. The van der Waals surface area contributed by atoms with Gasteiger partial charge in [-0.15, -0.1) is 10.2 Å². The Hall–Kier alpha value is -2.51. The average Bonchev–Trinajstić information content (AvgIpc) is 3.13. The van der Waals surface area contributed by atoms with Gasteiger partial charge >= 0.3 is 5.97 Å². The lowest BCUT2D eigenvalue weighted by molar-refractivity contribution is -0.142. The molecule has 1 aliphatic carbocycles. The van der Waals surface area contributed by atoms with Crippen molar-refractivity contribution < 1.29 is 9.90 Å². The second-order valence-electron chi connectivity index (χ2n) is 5.73. The van der Waals surface area contributed by atoms with Crippen LogP contribution in [-0.4, -0.2) is 40.6 Å². The van der Waals surface area contributed by atoms with Crippen LogP contribution in [0.1, 0.15) is 31.5 Å². The lowest BCUT2D eigenvalue weighted by Gasteiger charge is -2.13. The molecule has 8 nitrogen and oxygen atoms in total. The summed E-state index contributed by atoms with van der Waals surface area (Å²) in [5.74, 6) is -0.269. The number of aromatic nitrogens is 6. The van der Waals surface area contributed by atoms with Crippen LogP contribution in [0.15, 0.2) is 12.7 Å². The second kappa shape index (κ2) is 4.24. The fourth-order valence-corrected chi connectivity index (χ4v) is 3.35. The number of carboxylic acid groups (broad SMARTS) is 1. The number of nitrogens with zero attached hydrogens (tertiary/aromatic N) is 5. The lowest BCUT2D eigenvalue weighted by Crippen LogP contribution is -2.18. The zero-order valence-corrected chi connectivity index (χ0v) is 11.4. The van der Waals surface area contributed by atoms with Gasteiger partial charge in [0.2, 0.25) is 0 Å². The van der Waals surface area contributed by atoms with Gasteiger partial charge in [0.25, 0.3) is 0 Å². The molecule has 1 saturated carbocycles. The molecule has 21 heavy (non-hydrogen) atoms. The Morgan fingerprint density at radius 2 is 2.24 bits per heavy atom. The highest BCUT2D eigenvalue weighted by atomic mass is 16.4. The van der Waals surface area contributed by atoms with E-state index in [0.717, 1.165) is 6.42 Å². The quantitative estimate of drug-likeness (QED) is 0.733. The molecular formula is C13H14N6O2. The van der Waals surface area contributed by atoms with Crippen molar-refractivity contribution in [1.29, 1.82) is 0 Å². The van der Waals surface area contributed by atoms with E-state index in [4.69, 9.17) is 0 Å². The molecule has 0 spiro atoms. The van der Waals surface area contributed by atoms with Crippen LogP contribution in [0.25, 0.3) is 16.8 Å². The zero-order valence-electron chi connectivity index (χ0n) is 11.4. The fraction of sp³-hybridized carbons (Fsp3) is 0.462. The Kier molecular flexibility index (Phi) is 2.47. The number of imidazole rings is 1. The van der Waals surface area contributed by atoms with Gasteiger partial charge < -0.3 is 10.1 Å². The number of carboxylic acids is 1. The number of carbonyl (C=O) groups is 1. The molecule has 0 radical (unpaired) electrons. The molecular weight excluding hydrogens is 272 g/mol. The van der Waals surface area contributed by atoms with Gasteiger partial charge in [0.1, 0.15) is 17.7 Å². The maximum atomic E-state index is 11.5. The fourth-order valence-electron chi connectivity index (χ4n) is 3.35. The smallest absolute Gasteiger partial charge is 0.307 e. The molecule has 0 amide bonds. The SMILES string of the molecule is CC1CC(C(=O)O)C(c2nnc3c4[nH]cnc4ncn23)C1. The number of rotatable bonds is 2. The van der Waals surface area contributed by atoms with Gasteiger partial charge in [-0.3, -0.25) is 9.20 Å². The van der Waals surface area contributed by atoms with Gasteiger partial charge in [-0.05, 0) is 18.8 Å². The van der Waals surface area contributed by atoms with Crippen molar-refractivity contribution in [2.45, 2.75) is 25.7 Å². The van der Waals surface area contributed by atoms with Crippen LogP contribution in [0.3, 0.4) is 0 Å². The van der Waals surface area contributed by atoms with Crippen LogP contribution >= 0.6 is 0 Å². The number of hydrogen-bond acceptors (Lipinski definition) is 5. The molecule has 3 unspecified atom stereocenters. The normalized spacial score (nSPS) is 25.9. The average molecular weight is 286 g/mol. The van der Waals surface area contributed by atoms with E-state index in [1.54, 1.807) is 17.1 Å². The van der Waals surface area contributed by atoms with Crippen molar-refractivity contribution in [1.82, 2.24) is 29.5 Å². The first-order valence-corrected chi connectivity index (χ1v) is 6.90. The van der Waals surface area contributed by atoms with Crippen LogP contribution < -0.4 is 0 Å². The first-order valence-electron chi connectivity index (χ1n) is 6.90. The third-order valence-electron chi connectivity index (χ3n) is 4.31. The Morgan fingerprint density at radius 3 is 3.05 bits per heavy atom. The van der Waals surface area contributed by atoms with Crippen molar-refractivity contribution in [2.75, 3.05) is 0 Å². The predicted octanol–water partition coefficient (Wildman–Crippen LogP) is 1.21. The van der Waals surface area contributed by atoms with Crippen LogP contribution in [-0.2, 0) is 4.79 Å². The summed E-state index contributed by atoms with van der Waals surface area (Å²) in [6.07, 6.45) is 4.66. The Bertz CT molecular complexity index is 838. The summed E-state index contributed by atoms with van der Waals surface area (Å²) in [4.78, 5) is 22.8. The molecule has 0 aromatic carbocycles. The van der Waals surface area contributed by atoms with Crippen LogP contribution in [0, 0.1) is 11.8 Å². The summed E-state index contributed by atoms with van der Waals surface area (Å²) >= 11 is 0. The highest BCUT2D eigenvalue weighted by molar-refractivity contribution is 5.84. The van der Waals surface area contributed by atoms with Crippen LogP contribution in [0.5, 0.6) is 0 Å². The third kappa shape index (κ3) is 1.71. The minimum atomic E-state index is -0.767. The van der Waals surface area contributed by atoms with Crippen molar-refractivity contribution in [2.24, 2.45) is 11.8 Å². The van der Waals surface area contributed by atoms with Crippen LogP contribution in [0.2, 0.25) is 0 Å². The summed E-state index contributed by atoms with van der Waals surface area (Å²) in [5.41, 5.74) is 1.93. The van der Waals surface area contributed by atoms with Crippen molar-refractivity contribution >= 4 is 22.8 Å².